The molecule has 1 N–H and O–H groups in total. The first-order chi connectivity index (χ1) is 16.6. The van der Waals surface area contributed by atoms with Gasteiger partial charge in [-0.05, 0) is 74.8 Å². The zero-order valence-electron chi connectivity index (χ0n) is 19.5. The van der Waals surface area contributed by atoms with Gasteiger partial charge in [-0.3, -0.25) is 9.69 Å². The number of rotatable bonds is 8. The Bertz CT molecular complexity index is 1250. The van der Waals surface area contributed by atoms with Crippen LogP contribution in [-0.2, 0) is 6.61 Å². The van der Waals surface area contributed by atoms with Gasteiger partial charge < -0.3 is 19.0 Å². The Balaban J connectivity index is 1.39. The highest BCUT2D eigenvalue weighted by atomic mass is 16.5. The molecule has 0 spiro atoms. The van der Waals surface area contributed by atoms with Gasteiger partial charge in [-0.25, -0.2) is 0 Å². The maximum Gasteiger partial charge on any atom is 0.255 e. The Hall–Kier alpha value is -3.58. The Kier molecular flexibility index (Phi) is 6.36. The average molecular weight is 460 g/mol. The average Bonchev–Trinajstić information content (AvgIpc) is 3.62. The second-order valence-electron chi connectivity index (χ2n) is 8.77. The van der Waals surface area contributed by atoms with E-state index in [0.717, 1.165) is 59.5 Å². The number of amides is 1. The first-order valence-electron chi connectivity index (χ1n) is 11.7. The summed E-state index contributed by atoms with van der Waals surface area (Å²) in [7, 11) is 0. The Morgan fingerprint density at radius 1 is 1.12 bits per heavy atom. The van der Waals surface area contributed by atoms with E-state index in [1.807, 2.05) is 62.4 Å². The van der Waals surface area contributed by atoms with Gasteiger partial charge in [0.05, 0.1) is 29.1 Å². The first kappa shape index (κ1) is 22.2. The number of nitrogens with one attached hydrogen (secondary N) is 1. The van der Waals surface area contributed by atoms with Crippen molar-refractivity contribution in [1.29, 1.82) is 0 Å². The molecule has 1 saturated heterocycles. The van der Waals surface area contributed by atoms with Crippen molar-refractivity contribution in [3.8, 4) is 5.75 Å². The molecular weight excluding hydrogens is 430 g/mol. The number of hydrogen-bond acceptors (Lipinski definition) is 6. The van der Waals surface area contributed by atoms with Crippen LogP contribution in [0.15, 0.2) is 63.7 Å². The molecule has 1 fully saturated rings. The molecule has 1 unspecified atom stereocenters. The number of likely N-dealkylation sites (tertiary alicyclic amines) is 1. The molecule has 1 aliphatic heterocycles. The summed E-state index contributed by atoms with van der Waals surface area (Å²) < 4.78 is 17.1. The fraction of sp³-hybridized carbons (Fsp3) is 0.333. The van der Waals surface area contributed by atoms with Crippen molar-refractivity contribution in [3.05, 3.63) is 83.1 Å². The number of benzene rings is 2. The summed E-state index contributed by atoms with van der Waals surface area (Å²) in [5, 5.41) is 9.13. The molecule has 1 amide bonds. The van der Waals surface area contributed by atoms with Crippen molar-refractivity contribution in [3.63, 3.8) is 0 Å². The van der Waals surface area contributed by atoms with Crippen LogP contribution in [0.25, 0.3) is 10.8 Å². The number of furan rings is 1. The molecular formula is C27H29N3O4. The van der Waals surface area contributed by atoms with E-state index in [1.165, 1.54) is 0 Å². The van der Waals surface area contributed by atoms with E-state index in [4.69, 9.17) is 13.7 Å². The number of carbonyl (C=O) groups excluding carboxylic acids is 1. The molecule has 1 aliphatic rings. The Morgan fingerprint density at radius 2 is 1.88 bits per heavy atom. The van der Waals surface area contributed by atoms with Gasteiger partial charge in [-0.1, -0.05) is 29.4 Å². The standard InChI is InChI=1S/C27H29N3O4/c1-18-23(19(2)34-29-18)17-33-26-15-21-9-4-3-8-20(21)14-22(26)27(31)28-16-24(25-10-7-13-32-25)30-11-5-6-12-30/h3-4,7-10,13-15,24H,5-6,11-12,16-17H2,1-2H3,(H,28,31). The van der Waals surface area contributed by atoms with E-state index in [0.29, 0.717) is 17.9 Å². The third kappa shape index (κ3) is 4.56. The first-order valence-corrected chi connectivity index (χ1v) is 11.7. The van der Waals surface area contributed by atoms with Crippen molar-refractivity contribution in [2.24, 2.45) is 0 Å². The van der Waals surface area contributed by atoms with Crippen LogP contribution in [0.4, 0.5) is 0 Å². The van der Waals surface area contributed by atoms with Crippen molar-refractivity contribution in [1.82, 2.24) is 15.4 Å². The Morgan fingerprint density at radius 3 is 2.56 bits per heavy atom. The van der Waals surface area contributed by atoms with E-state index in [-0.39, 0.29) is 18.6 Å². The Labute approximate surface area is 198 Å². The van der Waals surface area contributed by atoms with E-state index in [9.17, 15) is 4.79 Å². The van der Waals surface area contributed by atoms with Crippen LogP contribution >= 0.6 is 0 Å². The van der Waals surface area contributed by atoms with E-state index < -0.39 is 0 Å². The molecule has 5 rings (SSSR count). The normalized spacial score (nSPS) is 15.0. The van der Waals surface area contributed by atoms with Crippen LogP contribution in [0.1, 0.15) is 52.0 Å². The quantitative estimate of drug-likeness (QED) is 0.391. The summed E-state index contributed by atoms with van der Waals surface area (Å²) in [5.41, 5.74) is 2.19. The van der Waals surface area contributed by atoms with Crippen molar-refractivity contribution in [2.45, 2.75) is 39.3 Å². The molecule has 0 aliphatic carbocycles. The lowest BCUT2D eigenvalue weighted by Gasteiger charge is -2.26. The molecule has 3 heterocycles. The molecule has 34 heavy (non-hydrogen) atoms. The highest BCUT2D eigenvalue weighted by molar-refractivity contribution is 6.01. The zero-order chi connectivity index (χ0) is 23.5. The molecule has 0 radical (unpaired) electrons. The highest BCUT2D eigenvalue weighted by Crippen LogP contribution is 2.29. The molecule has 4 aromatic rings. The molecule has 2 aromatic heterocycles. The van der Waals surface area contributed by atoms with Gasteiger partial charge in [-0.2, -0.15) is 0 Å². The zero-order valence-corrected chi connectivity index (χ0v) is 19.5. The van der Waals surface area contributed by atoms with E-state index in [1.54, 1.807) is 6.26 Å². The summed E-state index contributed by atoms with van der Waals surface area (Å²) in [5.74, 6) is 1.95. The van der Waals surface area contributed by atoms with Gasteiger partial charge in [0.25, 0.3) is 5.91 Å². The minimum atomic E-state index is -0.171. The minimum absolute atomic E-state index is 0.00794. The minimum Gasteiger partial charge on any atom is -0.488 e. The van der Waals surface area contributed by atoms with Crippen LogP contribution in [0.5, 0.6) is 5.75 Å². The smallest absolute Gasteiger partial charge is 0.255 e. The number of nitrogens with zero attached hydrogens (tertiary/aromatic N) is 2. The largest absolute Gasteiger partial charge is 0.488 e. The third-order valence-corrected chi connectivity index (χ3v) is 6.55. The van der Waals surface area contributed by atoms with Gasteiger partial charge in [0.15, 0.2) is 0 Å². The van der Waals surface area contributed by atoms with Gasteiger partial charge in [0.1, 0.15) is 23.9 Å². The number of aromatic nitrogens is 1. The lowest BCUT2D eigenvalue weighted by Crippen LogP contribution is -2.36. The third-order valence-electron chi connectivity index (χ3n) is 6.55. The van der Waals surface area contributed by atoms with Crippen LogP contribution < -0.4 is 10.1 Å². The summed E-state index contributed by atoms with van der Waals surface area (Å²) in [6.45, 7) is 6.49. The van der Waals surface area contributed by atoms with Crippen LogP contribution in [-0.4, -0.2) is 35.6 Å². The molecule has 7 heteroatoms. The monoisotopic (exact) mass is 459 g/mol. The van der Waals surface area contributed by atoms with Gasteiger partial charge in [-0.15, -0.1) is 0 Å². The molecule has 0 bridgehead atoms. The van der Waals surface area contributed by atoms with Crippen molar-refractivity contribution in [2.75, 3.05) is 19.6 Å². The van der Waals surface area contributed by atoms with Gasteiger partial charge >= 0.3 is 0 Å². The van der Waals surface area contributed by atoms with E-state index >= 15 is 0 Å². The predicted molar refractivity (Wildman–Crippen MR) is 129 cm³/mol. The number of ether oxygens (including phenoxy) is 1. The molecule has 0 saturated carbocycles. The molecule has 176 valence electrons. The number of carbonyl (C=O) groups is 1. The molecule has 2 aromatic carbocycles. The predicted octanol–water partition coefficient (Wildman–Crippen LogP) is 5.18. The maximum absolute atomic E-state index is 13.4. The van der Waals surface area contributed by atoms with Crippen molar-refractivity contribution >= 4 is 16.7 Å². The topological polar surface area (TPSA) is 80.7 Å². The SMILES string of the molecule is Cc1noc(C)c1COc1cc2ccccc2cc1C(=O)NCC(c1ccco1)N1CCCC1. The van der Waals surface area contributed by atoms with Crippen molar-refractivity contribution < 1.29 is 18.5 Å². The lowest BCUT2D eigenvalue weighted by atomic mass is 10.0. The number of fused-ring (bicyclic) bond motifs is 1. The van der Waals surface area contributed by atoms with Crippen LogP contribution in [0.3, 0.4) is 0 Å². The maximum atomic E-state index is 13.4. The summed E-state index contributed by atoms with van der Waals surface area (Å²) in [4.78, 5) is 15.8. The highest BCUT2D eigenvalue weighted by Gasteiger charge is 2.26. The summed E-state index contributed by atoms with van der Waals surface area (Å²) in [6, 6.07) is 15.7. The number of hydrogen-bond donors (Lipinski definition) is 1. The van der Waals surface area contributed by atoms with Gasteiger partial charge in [0, 0.05) is 6.54 Å². The molecule has 1 atom stereocenters. The molecule has 7 nitrogen and oxygen atoms in total. The number of aryl methyl sites for hydroxylation is 2. The van der Waals surface area contributed by atoms with Crippen LogP contribution in [0.2, 0.25) is 0 Å². The van der Waals surface area contributed by atoms with Gasteiger partial charge in [0.2, 0.25) is 0 Å². The lowest BCUT2D eigenvalue weighted by molar-refractivity contribution is 0.0929. The van der Waals surface area contributed by atoms with E-state index in [2.05, 4.69) is 15.4 Å². The summed E-state index contributed by atoms with van der Waals surface area (Å²) >= 11 is 0. The summed E-state index contributed by atoms with van der Waals surface area (Å²) in [6.07, 6.45) is 4.01. The fourth-order valence-corrected chi connectivity index (χ4v) is 4.60. The fourth-order valence-electron chi connectivity index (χ4n) is 4.60. The van der Waals surface area contributed by atoms with Crippen LogP contribution in [0, 0.1) is 13.8 Å². The second kappa shape index (κ2) is 9.73. The second-order valence-corrected chi connectivity index (χ2v) is 8.77.